The van der Waals surface area contributed by atoms with Crippen LogP contribution in [0.4, 0.5) is 0 Å². The van der Waals surface area contributed by atoms with E-state index in [0.29, 0.717) is 20.8 Å². The Kier molecular flexibility index (Phi) is 4.29. The molecule has 2 aliphatic rings. The summed E-state index contributed by atoms with van der Waals surface area (Å²) in [6.07, 6.45) is 0. The third-order valence-electron chi connectivity index (χ3n) is 5.64. The molecule has 2 saturated heterocycles. The smallest absolute Gasteiger partial charge is 0.262 e. The molecule has 0 aliphatic carbocycles. The molecular weight excluding hydrogens is 392 g/mol. The molecule has 0 radical (unpaired) electrons. The number of thiocarbonyl (C=S) groups is 2. The van der Waals surface area contributed by atoms with E-state index in [4.69, 9.17) is 36.0 Å². The van der Waals surface area contributed by atoms with Crippen molar-refractivity contribution in [2.45, 2.75) is 32.1 Å². The number of hydrogen-bond acceptors (Lipinski definition) is 4. The largest absolute Gasteiger partial charge is 0.325 e. The van der Waals surface area contributed by atoms with Gasteiger partial charge in [0.25, 0.3) is 5.91 Å². The fourth-order valence-electron chi connectivity index (χ4n) is 3.88. The number of amides is 2. The first-order valence-electron chi connectivity index (χ1n) is 7.96. The molecule has 9 heteroatoms. The summed E-state index contributed by atoms with van der Waals surface area (Å²) < 4.78 is 0. The lowest BCUT2D eigenvalue weighted by Gasteiger charge is -2.43. The molecule has 2 atom stereocenters. The highest BCUT2D eigenvalue weighted by Crippen LogP contribution is 2.50. The first kappa shape index (κ1) is 19.0. The molecule has 0 bridgehead atoms. The number of nitrogens with zero attached hydrogens (tertiary/aromatic N) is 4. The number of rotatable bonds is 1. The Morgan fingerprint density at radius 2 is 1.38 bits per heavy atom. The Bertz CT molecular complexity index is 846. The molecule has 1 aromatic carbocycles. The second kappa shape index (κ2) is 5.87. The predicted molar refractivity (Wildman–Crippen MR) is 108 cm³/mol. The van der Waals surface area contributed by atoms with Crippen molar-refractivity contribution in [3.8, 4) is 0 Å². The molecule has 1 aromatic rings. The van der Waals surface area contributed by atoms with Crippen LogP contribution in [0.2, 0.25) is 5.02 Å². The SMILES string of the molecule is CC(=O)N1C(=S)N(C)[C@]2(C)N(C)C(=S)N(C(=O)c3ccc(Cl)cc3)[C@]12C. The van der Waals surface area contributed by atoms with Crippen LogP contribution >= 0.6 is 36.0 Å². The van der Waals surface area contributed by atoms with Crippen molar-refractivity contribution in [3.63, 3.8) is 0 Å². The average Bonchev–Trinajstić information content (AvgIpc) is 2.83. The summed E-state index contributed by atoms with van der Waals surface area (Å²) >= 11 is 17.0. The molecule has 2 amide bonds. The van der Waals surface area contributed by atoms with E-state index in [2.05, 4.69) is 0 Å². The maximum atomic E-state index is 13.4. The van der Waals surface area contributed by atoms with E-state index in [0.717, 1.165) is 0 Å². The van der Waals surface area contributed by atoms with E-state index in [1.807, 2.05) is 23.6 Å². The Morgan fingerprint density at radius 1 is 0.923 bits per heavy atom. The van der Waals surface area contributed by atoms with E-state index in [-0.39, 0.29) is 11.8 Å². The van der Waals surface area contributed by atoms with Crippen LogP contribution in [0.25, 0.3) is 0 Å². The normalized spacial score (nSPS) is 28.1. The second-order valence-electron chi connectivity index (χ2n) is 6.73. The molecule has 0 N–H and O–H groups in total. The van der Waals surface area contributed by atoms with Crippen LogP contribution in [0.15, 0.2) is 24.3 Å². The van der Waals surface area contributed by atoms with Gasteiger partial charge in [-0.3, -0.25) is 19.4 Å². The molecular formula is C17H19ClN4O2S2. The van der Waals surface area contributed by atoms with Crippen molar-refractivity contribution in [2.75, 3.05) is 14.1 Å². The highest BCUT2D eigenvalue weighted by Gasteiger charge is 2.72. The van der Waals surface area contributed by atoms with Gasteiger partial charge < -0.3 is 9.80 Å². The molecule has 0 aromatic heterocycles. The molecule has 0 unspecified atom stereocenters. The van der Waals surface area contributed by atoms with E-state index < -0.39 is 11.3 Å². The van der Waals surface area contributed by atoms with Crippen LogP contribution in [0.1, 0.15) is 31.1 Å². The van der Waals surface area contributed by atoms with Crippen molar-refractivity contribution in [2.24, 2.45) is 0 Å². The number of hydrogen-bond donors (Lipinski definition) is 0. The van der Waals surface area contributed by atoms with Gasteiger partial charge in [0, 0.05) is 31.6 Å². The van der Waals surface area contributed by atoms with Crippen molar-refractivity contribution in [3.05, 3.63) is 34.9 Å². The fraction of sp³-hybridized carbons (Fsp3) is 0.412. The van der Waals surface area contributed by atoms with Crippen LogP contribution in [-0.4, -0.2) is 67.1 Å². The zero-order valence-corrected chi connectivity index (χ0v) is 17.5. The number of carbonyl (C=O) groups is 2. The standard InChI is InChI=1S/C17H19ClN4O2S2/c1-10(23)21-14(25)19(4)16(2)17(21,3)22(15(26)20(16)5)13(24)11-6-8-12(18)9-7-11/h6-9H,1-5H3/t16-,17+/m1/s1. The molecule has 6 nitrogen and oxygen atoms in total. The number of likely N-dealkylation sites (N-methyl/N-ethyl adjacent to an activating group) is 2. The van der Waals surface area contributed by atoms with E-state index in [9.17, 15) is 9.59 Å². The van der Waals surface area contributed by atoms with Gasteiger partial charge in [0.05, 0.1) is 0 Å². The summed E-state index contributed by atoms with van der Waals surface area (Å²) in [4.78, 5) is 32.4. The number of carbonyl (C=O) groups excluding carboxylic acids is 2. The van der Waals surface area contributed by atoms with Crippen molar-refractivity contribution >= 4 is 58.1 Å². The predicted octanol–water partition coefficient (Wildman–Crippen LogP) is 2.52. The molecule has 2 fully saturated rings. The maximum absolute atomic E-state index is 13.4. The fourth-order valence-corrected chi connectivity index (χ4v) is 4.92. The zero-order chi connectivity index (χ0) is 19.6. The van der Waals surface area contributed by atoms with Gasteiger partial charge in [-0.05, 0) is 62.5 Å². The molecule has 2 aliphatic heterocycles. The van der Waals surface area contributed by atoms with Crippen molar-refractivity contribution in [1.82, 2.24) is 19.6 Å². The van der Waals surface area contributed by atoms with Crippen LogP contribution in [0, 0.1) is 0 Å². The van der Waals surface area contributed by atoms with E-state index in [1.54, 1.807) is 38.4 Å². The second-order valence-corrected chi connectivity index (χ2v) is 7.89. The van der Waals surface area contributed by atoms with E-state index >= 15 is 0 Å². The van der Waals surface area contributed by atoms with E-state index in [1.165, 1.54) is 16.7 Å². The van der Waals surface area contributed by atoms with Crippen LogP contribution in [0.5, 0.6) is 0 Å². The lowest BCUT2D eigenvalue weighted by molar-refractivity contribution is -0.133. The summed E-state index contributed by atoms with van der Waals surface area (Å²) in [7, 11) is 3.61. The number of fused-ring (bicyclic) bond motifs is 1. The third kappa shape index (κ3) is 2.09. The summed E-state index contributed by atoms with van der Waals surface area (Å²) in [5, 5.41) is 1.21. The Balaban J connectivity index is 2.20. The number of benzene rings is 1. The molecule has 2 heterocycles. The highest BCUT2D eigenvalue weighted by molar-refractivity contribution is 7.80. The Labute approximate surface area is 168 Å². The number of halogens is 1. The molecule has 3 rings (SSSR count). The first-order valence-corrected chi connectivity index (χ1v) is 9.15. The van der Waals surface area contributed by atoms with Gasteiger partial charge >= 0.3 is 0 Å². The summed E-state index contributed by atoms with van der Waals surface area (Å²) in [6.45, 7) is 5.17. The summed E-state index contributed by atoms with van der Waals surface area (Å²) in [6, 6.07) is 6.57. The Morgan fingerprint density at radius 3 is 1.85 bits per heavy atom. The molecule has 26 heavy (non-hydrogen) atoms. The lowest BCUT2D eigenvalue weighted by Crippen LogP contribution is -2.65. The minimum Gasteiger partial charge on any atom is -0.325 e. The zero-order valence-electron chi connectivity index (χ0n) is 15.1. The highest BCUT2D eigenvalue weighted by atomic mass is 35.5. The van der Waals surface area contributed by atoms with Gasteiger partial charge in [0.15, 0.2) is 21.6 Å². The van der Waals surface area contributed by atoms with Gasteiger partial charge in [-0.1, -0.05) is 11.6 Å². The Hall–Kier alpha value is -1.77. The topological polar surface area (TPSA) is 47.1 Å². The van der Waals surface area contributed by atoms with Gasteiger partial charge in [0.1, 0.15) is 0 Å². The minimum atomic E-state index is -1.09. The summed E-state index contributed by atoms with van der Waals surface area (Å²) in [5.41, 5.74) is -1.46. The average molecular weight is 411 g/mol. The molecule has 0 saturated carbocycles. The van der Waals surface area contributed by atoms with Crippen LogP contribution in [-0.2, 0) is 4.79 Å². The molecule has 138 valence electrons. The lowest BCUT2D eigenvalue weighted by atomic mass is 9.95. The first-order chi connectivity index (χ1) is 12.0. The van der Waals surface area contributed by atoms with Crippen molar-refractivity contribution in [1.29, 1.82) is 0 Å². The van der Waals surface area contributed by atoms with Crippen LogP contribution in [0.3, 0.4) is 0 Å². The van der Waals surface area contributed by atoms with Gasteiger partial charge in [-0.2, -0.15) is 0 Å². The van der Waals surface area contributed by atoms with Crippen molar-refractivity contribution < 1.29 is 9.59 Å². The van der Waals surface area contributed by atoms with Crippen LogP contribution < -0.4 is 0 Å². The van der Waals surface area contributed by atoms with Gasteiger partial charge in [-0.15, -0.1) is 0 Å². The third-order valence-corrected chi connectivity index (χ3v) is 6.80. The monoisotopic (exact) mass is 410 g/mol. The molecule has 0 spiro atoms. The minimum absolute atomic E-state index is 0.250. The quantitative estimate of drug-likeness (QED) is 0.663. The summed E-state index contributed by atoms with van der Waals surface area (Å²) in [5.74, 6) is -0.561. The van der Waals surface area contributed by atoms with Gasteiger partial charge in [0.2, 0.25) is 5.91 Å². The van der Waals surface area contributed by atoms with Gasteiger partial charge in [-0.25, -0.2) is 0 Å². The maximum Gasteiger partial charge on any atom is 0.262 e.